The van der Waals surface area contributed by atoms with Crippen molar-refractivity contribution < 1.29 is 0 Å². The predicted molar refractivity (Wildman–Crippen MR) is 75.5 cm³/mol. The molecule has 1 aromatic carbocycles. The summed E-state index contributed by atoms with van der Waals surface area (Å²) in [4.78, 5) is 2.21. The van der Waals surface area contributed by atoms with E-state index in [4.69, 9.17) is 17.3 Å². The lowest BCUT2D eigenvalue weighted by Gasteiger charge is -2.22. The van der Waals surface area contributed by atoms with Gasteiger partial charge in [0.05, 0.1) is 16.8 Å². The van der Waals surface area contributed by atoms with Crippen LogP contribution in [0.4, 0.5) is 5.69 Å². The second kappa shape index (κ2) is 6.54. The molecule has 92 valence electrons. The molecule has 0 fully saturated rings. The second-order valence-corrected chi connectivity index (χ2v) is 4.30. The summed E-state index contributed by atoms with van der Waals surface area (Å²) in [5.74, 6) is 6.00. The number of halogens is 1. The summed E-state index contributed by atoms with van der Waals surface area (Å²) in [5.41, 5.74) is 7.60. The van der Waals surface area contributed by atoms with E-state index >= 15 is 0 Å². The van der Waals surface area contributed by atoms with Crippen molar-refractivity contribution in [1.29, 1.82) is 0 Å². The number of benzene rings is 1. The minimum atomic E-state index is -0.109. The summed E-state index contributed by atoms with van der Waals surface area (Å²) in [5, 5.41) is 0.764. The van der Waals surface area contributed by atoms with Crippen LogP contribution in [-0.2, 0) is 0 Å². The van der Waals surface area contributed by atoms with Crippen molar-refractivity contribution in [2.24, 2.45) is 5.73 Å². The minimum absolute atomic E-state index is 0.109. The van der Waals surface area contributed by atoms with Gasteiger partial charge in [-0.15, -0.1) is 0 Å². The highest BCUT2D eigenvalue weighted by molar-refractivity contribution is 6.33. The highest BCUT2D eigenvalue weighted by atomic mass is 35.5. The predicted octanol–water partition coefficient (Wildman–Crippen LogP) is 2.88. The molecule has 2 N–H and O–H groups in total. The molecule has 0 saturated heterocycles. The SMILES string of the molecule is CCN(CC)c1cc(C#CC(C)N)ccc1Cl. The zero-order valence-electron chi connectivity index (χ0n) is 10.6. The van der Waals surface area contributed by atoms with Gasteiger partial charge >= 0.3 is 0 Å². The van der Waals surface area contributed by atoms with Crippen molar-refractivity contribution in [1.82, 2.24) is 0 Å². The van der Waals surface area contributed by atoms with Gasteiger partial charge in [-0.1, -0.05) is 23.4 Å². The summed E-state index contributed by atoms with van der Waals surface area (Å²) < 4.78 is 0. The second-order valence-electron chi connectivity index (χ2n) is 3.90. The molecule has 1 unspecified atom stereocenters. The van der Waals surface area contributed by atoms with Crippen LogP contribution in [0.15, 0.2) is 18.2 Å². The van der Waals surface area contributed by atoms with Crippen molar-refractivity contribution in [2.45, 2.75) is 26.8 Å². The first-order chi connectivity index (χ1) is 8.08. The van der Waals surface area contributed by atoms with Crippen LogP contribution in [-0.4, -0.2) is 19.1 Å². The van der Waals surface area contributed by atoms with E-state index in [1.165, 1.54) is 0 Å². The van der Waals surface area contributed by atoms with E-state index in [-0.39, 0.29) is 6.04 Å². The molecule has 0 aliphatic rings. The smallest absolute Gasteiger partial charge is 0.0640 e. The zero-order valence-corrected chi connectivity index (χ0v) is 11.4. The van der Waals surface area contributed by atoms with Crippen LogP contribution >= 0.6 is 11.6 Å². The monoisotopic (exact) mass is 250 g/mol. The molecule has 0 spiro atoms. The molecule has 1 aromatic rings. The van der Waals surface area contributed by atoms with E-state index in [0.717, 1.165) is 29.4 Å². The molecule has 1 rings (SSSR count). The summed E-state index contributed by atoms with van der Waals surface area (Å²) in [7, 11) is 0. The third-order valence-electron chi connectivity index (χ3n) is 2.49. The van der Waals surface area contributed by atoms with Gasteiger partial charge in [-0.25, -0.2) is 0 Å². The molecule has 3 heteroatoms. The fourth-order valence-electron chi connectivity index (χ4n) is 1.59. The first-order valence-electron chi connectivity index (χ1n) is 5.90. The standard InChI is InChI=1S/C14H19ClN2/c1-4-17(5-2)14-10-12(7-6-11(3)16)8-9-13(14)15/h8-11H,4-5,16H2,1-3H3. The van der Waals surface area contributed by atoms with Gasteiger partial charge in [-0.2, -0.15) is 0 Å². The van der Waals surface area contributed by atoms with Gasteiger partial charge in [0.25, 0.3) is 0 Å². The van der Waals surface area contributed by atoms with Gasteiger partial charge in [0.15, 0.2) is 0 Å². The molecule has 0 saturated carbocycles. The van der Waals surface area contributed by atoms with Gasteiger partial charge in [0.2, 0.25) is 0 Å². The van der Waals surface area contributed by atoms with Crippen LogP contribution in [0, 0.1) is 11.8 Å². The number of anilines is 1. The quantitative estimate of drug-likeness (QED) is 0.836. The van der Waals surface area contributed by atoms with Crippen molar-refractivity contribution in [3.8, 4) is 11.8 Å². The van der Waals surface area contributed by atoms with E-state index in [9.17, 15) is 0 Å². The van der Waals surface area contributed by atoms with E-state index in [2.05, 4.69) is 30.6 Å². The molecular formula is C14H19ClN2. The molecule has 0 bridgehead atoms. The molecule has 17 heavy (non-hydrogen) atoms. The number of hydrogen-bond acceptors (Lipinski definition) is 2. The third-order valence-corrected chi connectivity index (χ3v) is 2.81. The maximum Gasteiger partial charge on any atom is 0.0640 e. The van der Waals surface area contributed by atoms with Crippen molar-refractivity contribution in [2.75, 3.05) is 18.0 Å². The van der Waals surface area contributed by atoms with Crippen LogP contribution in [0.5, 0.6) is 0 Å². The van der Waals surface area contributed by atoms with Crippen LogP contribution in [0.2, 0.25) is 5.02 Å². The number of nitrogens with two attached hydrogens (primary N) is 1. The van der Waals surface area contributed by atoms with Gasteiger partial charge < -0.3 is 10.6 Å². The topological polar surface area (TPSA) is 29.3 Å². The average molecular weight is 251 g/mol. The maximum atomic E-state index is 6.20. The zero-order chi connectivity index (χ0) is 12.8. The fourth-order valence-corrected chi connectivity index (χ4v) is 1.83. The lowest BCUT2D eigenvalue weighted by molar-refractivity contribution is 0.866. The number of hydrogen-bond donors (Lipinski definition) is 1. The first kappa shape index (κ1) is 13.9. The van der Waals surface area contributed by atoms with Gasteiger partial charge in [0.1, 0.15) is 0 Å². The summed E-state index contributed by atoms with van der Waals surface area (Å²) >= 11 is 6.20. The largest absolute Gasteiger partial charge is 0.371 e. The number of rotatable bonds is 3. The van der Waals surface area contributed by atoms with Crippen LogP contribution in [0.3, 0.4) is 0 Å². The lowest BCUT2D eigenvalue weighted by atomic mass is 10.1. The van der Waals surface area contributed by atoms with Crippen molar-refractivity contribution >= 4 is 17.3 Å². The molecule has 0 aliphatic heterocycles. The Morgan fingerprint density at radius 2 is 2.00 bits per heavy atom. The molecule has 0 radical (unpaired) electrons. The van der Waals surface area contributed by atoms with Crippen LogP contribution < -0.4 is 10.6 Å². The molecule has 2 nitrogen and oxygen atoms in total. The minimum Gasteiger partial charge on any atom is -0.371 e. The average Bonchev–Trinajstić information content (AvgIpc) is 2.31. The Morgan fingerprint density at radius 1 is 1.35 bits per heavy atom. The van der Waals surface area contributed by atoms with E-state index in [1.54, 1.807) is 0 Å². The Kier molecular flexibility index (Phi) is 5.34. The normalized spacial score (nSPS) is 11.6. The van der Waals surface area contributed by atoms with Crippen molar-refractivity contribution in [3.63, 3.8) is 0 Å². The van der Waals surface area contributed by atoms with E-state index < -0.39 is 0 Å². The summed E-state index contributed by atoms with van der Waals surface area (Å²) in [6, 6.07) is 5.72. The lowest BCUT2D eigenvalue weighted by Crippen LogP contribution is -2.22. The van der Waals surface area contributed by atoms with Crippen LogP contribution in [0.25, 0.3) is 0 Å². The van der Waals surface area contributed by atoms with Gasteiger partial charge in [-0.05, 0) is 39.0 Å². The number of nitrogens with zero attached hydrogens (tertiary/aromatic N) is 1. The molecular weight excluding hydrogens is 232 g/mol. The van der Waals surface area contributed by atoms with E-state index in [1.807, 2.05) is 25.1 Å². The van der Waals surface area contributed by atoms with Gasteiger partial charge in [-0.3, -0.25) is 0 Å². The summed E-state index contributed by atoms with van der Waals surface area (Å²) in [6.07, 6.45) is 0. The van der Waals surface area contributed by atoms with E-state index in [0.29, 0.717) is 0 Å². The highest BCUT2D eigenvalue weighted by Gasteiger charge is 2.07. The maximum absolute atomic E-state index is 6.20. The van der Waals surface area contributed by atoms with Gasteiger partial charge in [0, 0.05) is 18.7 Å². The Bertz CT molecular complexity index is 426. The van der Waals surface area contributed by atoms with Crippen LogP contribution in [0.1, 0.15) is 26.3 Å². The molecule has 0 aliphatic carbocycles. The Hall–Kier alpha value is -1.17. The first-order valence-corrected chi connectivity index (χ1v) is 6.27. The third kappa shape index (κ3) is 3.96. The Labute approximate surface area is 109 Å². The highest BCUT2D eigenvalue weighted by Crippen LogP contribution is 2.26. The molecule has 0 amide bonds. The Morgan fingerprint density at radius 3 is 2.53 bits per heavy atom. The molecule has 1 atom stereocenters. The van der Waals surface area contributed by atoms with Crippen molar-refractivity contribution in [3.05, 3.63) is 28.8 Å². The summed E-state index contributed by atoms with van der Waals surface area (Å²) in [6.45, 7) is 7.95. The fraction of sp³-hybridized carbons (Fsp3) is 0.429. The molecule has 0 heterocycles. The molecule has 0 aromatic heterocycles. The Balaban J connectivity index is 3.07.